The summed E-state index contributed by atoms with van der Waals surface area (Å²) in [6, 6.07) is 4.29. The number of rotatable bonds is 10. The van der Waals surface area contributed by atoms with Crippen molar-refractivity contribution in [3.8, 4) is 0 Å². The molecular formula is C14H22F2N2O. The first kappa shape index (κ1) is 16.0. The fourth-order valence-electron chi connectivity index (χ4n) is 1.73. The van der Waals surface area contributed by atoms with Gasteiger partial charge in [0.2, 0.25) is 0 Å². The van der Waals surface area contributed by atoms with Gasteiger partial charge in [-0.15, -0.1) is 0 Å². The summed E-state index contributed by atoms with van der Waals surface area (Å²) in [7, 11) is 1.68. The zero-order valence-corrected chi connectivity index (χ0v) is 11.3. The molecule has 1 rings (SSSR count). The summed E-state index contributed by atoms with van der Waals surface area (Å²) < 4.78 is 31.2. The van der Waals surface area contributed by atoms with Crippen LogP contribution in [0.4, 0.5) is 8.78 Å². The third-order valence-electron chi connectivity index (χ3n) is 2.79. The van der Waals surface area contributed by atoms with Crippen molar-refractivity contribution in [2.45, 2.75) is 12.8 Å². The molecule has 0 aliphatic heterocycles. The fourth-order valence-corrected chi connectivity index (χ4v) is 1.73. The number of nitrogens with one attached hydrogen (secondary N) is 2. The molecule has 0 fully saturated rings. The van der Waals surface area contributed by atoms with E-state index in [0.717, 1.165) is 32.1 Å². The van der Waals surface area contributed by atoms with Crippen LogP contribution in [0.1, 0.15) is 12.0 Å². The molecule has 108 valence electrons. The van der Waals surface area contributed by atoms with Crippen LogP contribution >= 0.6 is 0 Å². The molecule has 0 heterocycles. The van der Waals surface area contributed by atoms with Crippen molar-refractivity contribution < 1.29 is 13.5 Å². The Balaban J connectivity index is 2.03. The molecule has 0 aliphatic carbocycles. The topological polar surface area (TPSA) is 33.3 Å². The molecule has 1 aromatic rings. The maximum absolute atomic E-state index is 13.3. The van der Waals surface area contributed by atoms with Crippen LogP contribution in [0.15, 0.2) is 18.2 Å². The molecule has 0 saturated heterocycles. The van der Waals surface area contributed by atoms with Gasteiger partial charge in [-0.2, -0.15) is 0 Å². The molecule has 0 aliphatic rings. The maximum Gasteiger partial charge on any atom is 0.162 e. The lowest BCUT2D eigenvalue weighted by atomic mass is 10.1. The lowest BCUT2D eigenvalue weighted by Gasteiger charge is -2.07. The summed E-state index contributed by atoms with van der Waals surface area (Å²) in [5.74, 6) is -1.51. The SMILES string of the molecule is COCCNCCCNCCc1cccc(F)c1F. The minimum Gasteiger partial charge on any atom is -0.383 e. The van der Waals surface area contributed by atoms with E-state index in [-0.39, 0.29) is 0 Å². The Morgan fingerprint density at radius 1 is 1.05 bits per heavy atom. The molecular weight excluding hydrogens is 250 g/mol. The highest BCUT2D eigenvalue weighted by Gasteiger charge is 2.06. The predicted octanol–water partition coefficient (Wildman–Crippen LogP) is 1.72. The van der Waals surface area contributed by atoms with E-state index >= 15 is 0 Å². The highest BCUT2D eigenvalue weighted by molar-refractivity contribution is 5.19. The molecule has 0 atom stereocenters. The van der Waals surface area contributed by atoms with Gasteiger partial charge in [-0.05, 0) is 44.1 Å². The third kappa shape index (κ3) is 6.61. The Bertz CT molecular complexity index is 361. The van der Waals surface area contributed by atoms with Gasteiger partial charge in [0.25, 0.3) is 0 Å². The van der Waals surface area contributed by atoms with Gasteiger partial charge in [-0.25, -0.2) is 8.78 Å². The van der Waals surface area contributed by atoms with Crippen molar-refractivity contribution in [3.05, 3.63) is 35.4 Å². The second-order valence-corrected chi connectivity index (χ2v) is 4.31. The van der Waals surface area contributed by atoms with Crippen molar-refractivity contribution in [2.24, 2.45) is 0 Å². The van der Waals surface area contributed by atoms with Gasteiger partial charge < -0.3 is 15.4 Å². The molecule has 5 heteroatoms. The number of hydrogen-bond donors (Lipinski definition) is 2. The van der Waals surface area contributed by atoms with Gasteiger partial charge >= 0.3 is 0 Å². The summed E-state index contributed by atoms with van der Waals surface area (Å²) in [6.45, 7) is 4.00. The van der Waals surface area contributed by atoms with Crippen LogP contribution in [0, 0.1) is 11.6 Å². The summed E-state index contributed by atoms with van der Waals surface area (Å²) in [4.78, 5) is 0. The van der Waals surface area contributed by atoms with Gasteiger partial charge in [0.15, 0.2) is 11.6 Å². The Hall–Kier alpha value is -1.04. The largest absolute Gasteiger partial charge is 0.383 e. The highest BCUT2D eigenvalue weighted by Crippen LogP contribution is 2.11. The number of benzene rings is 1. The van der Waals surface area contributed by atoms with Crippen molar-refractivity contribution in [1.29, 1.82) is 0 Å². The summed E-state index contributed by atoms with van der Waals surface area (Å²) in [5, 5.41) is 6.45. The molecule has 0 bridgehead atoms. The number of halogens is 2. The van der Waals surface area contributed by atoms with Crippen LogP contribution in [0.3, 0.4) is 0 Å². The molecule has 0 unspecified atom stereocenters. The average Bonchev–Trinajstić information content (AvgIpc) is 2.41. The number of ether oxygens (including phenoxy) is 1. The lowest BCUT2D eigenvalue weighted by Crippen LogP contribution is -2.25. The standard InChI is InChI=1S/C14H22F2N2O/c1-19-11-10-18-8-3-7-17-9-6-12-4-2-5-13(15)14(12)16/h2,4-5,17-18H,3,6-11H2,1H3. The number of hydrogen-bond acceptors (Lipinski definition) is 3. The molecule has 0 amide bonds. The Morgan fingerprint density at radius 3 is 2.53 bits per heavy atom. The number of methoxy groups -OCH3 is 1. The van der Waals surface area contributed by atoms with Crippen LogP contribution in [0.25, 0.3) is 0 Å². The van der Waals surface area contributed by atoms with Crippen LogP contribution in [-0.2, 0) is 11.2 Å². The Labute approximate surface area is 113 Å². The van der Waals surface area contributed by atoms with E-state index in [1.54, 1.807) is 13.2 Å². The van der Waals surface area contributed by atoms with E-state index in [1.165, 1.54) is 6.07 Å². The van der Waals surface area contributed by atoms with E-state index < -0.39 is 11.6 Å². The van der Waals surface area contributed by atoms with Crippen LogP contribution in [-0.4, -0.2) is 39.9 Å². The lowest BCUT2D eigenvalue weighted by molar-refractivity contribution is 0.199. The van der Waals surface area contributed by atoms with E-state index in [0.29, 0.717) is 25.1 Å². The highest BCUT2D eigenvalue weighted by atomic mass is 19.2. The molecule has 0 radical (unpaired) electrons. The molecule has 2 N–H and O–H groups in total. The smallest absolute Gasteiger partial charge is 0.162 e. The van der Waals surface area contributed by atoms with E-state index in [4.69, 9.17) is 4.74 Å². The summed E-state index contributed by atoms with van der Waals surface area (Å²) in [6.07, 6.45) is 1.50. The Kier molecular flexibility index (Phi) is 8.29. The van der Waals surface area contributed by atoms with Crippen LogP contribution in [0.5, 0.6) is 0 Å². The summed E-state index contributed by atoms with van der Waals surface area (Å²) in [5.41, 5.74) is 0.422. The third-order valence-corrected chi connectivity index (χ3v) is 2.79. The molecule has 3 nitrogen and oxygen atoms in total. The second kappa shape index (κ2) is 9.83. The van der Waals surface area contributed by atoms with Crippen LogP contribution < -0.4 is 10.6 Å². The first-order valence-corrected chi connectivity index (χ1v) is 6.59. The van der Waals surface area contributed by atoms with Gasteiger partial charge in [0, 0.05) is 13.7 Å². The molecule has 0 saturated carbocycles. The van der Waals surface area contributed by atoms with Gasteiger partial charge in [-0.1, -0.05) is 12.1 Å². The molecule has 0 spiro atoms. The first-order valence-electron chi connectivity index (χ1n) is 6.59. The summed E-state index contributed by atoms with van der Waals surface area (Å²) >= 11 is 0. The van der Waals surface area contributed by atoms with E-state index in [2.05, 4.69) is 10.6 Å². The van der Waals surface area contributed by atoms with Crippen molar-refractivity contribution in [3.63, 3.8) is 0 Å². The minimum absolute atomic E-state index is 0.422. The zero-order chi connectivity index (χ0) is 13.9. The minimum atomic E-state index is -0.778. The predicted molar refractivity (Wildman–Crippen MR) is 72.3 cm³/mol. The van der Waals surface area contributed by atoms with Crippen molar-refractivity contribution in [1.82, 2.24) is 10.6 Å². The maximum atomic E-state index is 13.3. The molecule has 1 aromatic carbocycles. The second-order valence-electron chi connectivity index (χ2n) is 4.31. The Morgan fingerprint density at radius 2 is 1.79 bits per heavy atom. The van der Waals surface area contributed by atoms with Gasteiger partial charge in [-0.3, -0.25) is 0 Å². The first-order chi connectivity index (χ1) is 9.25. The molecule has 19 heavy (non-hydrogen) atoms. The van der Waals surface area contributed by atoms with Crippen molar-refractivity contribution in [2.75, 3.05) is 39.9 Å². The monoisotopic (exact) mass is 272 g/mol. The average molecular weight is 272 g/mol. The van der Waals surface area contributed by atoms with Crippen molar-refractivity contribution >= 4 is 0 Å². The van der Waals surface area contributed by atoms with E-state index in [1.807, 2.05) is 0 Å². The fraction of sp³-hybridized carbons (Fsp3) is 0.571. The quantitative estimate of drug-likeness (QED) is 0.636. The van der Waals surface area contributed by atoms with Gasteiger partial charge in [0.1, 0.15) is 0 Å². The molecule has 0 aromatic heterocycles. The normalized spacial score (nSPS) is 10.9. The van der Waals surface area contributed by atoms with E-state index in [9.17, 15) is 8.78 Å². The van der Waals surface area contributed by atoms with Gasteiger partial charge in [0.05, 0.1) is 6.61 Å². The zero-order valence-electron chi connectivity index (χ0n) is 11.3. The van der Waals surface area contributed by atoms with Crippen LogP contribution in [0.2, 0.25) is 0 Å².